The second-order valence-corrected chi connectivity index (χ2v) is 5.50. The van der Waals surface area contributed by atoms with Crippen LogP contribution in [0.25, 0.3) is 0 Å². The van der Waals surface area contributed by atoms with Crippen LogP contribution in [0.15, 0.2) is 42.7 Å². The van der Waals surface area contributed by atoms with E-state index in [0.717, 1.165) is 24.1 Å². The molecule has 2 N–H and O–H groups in total. The van der Waals surface area contributed by atoms with Gasteiger partial charge in [0.25, 0.3) is 0 Å². The van der Waals surface area contributed by atoms with Gasteiger partial charge in [0.2, 0.25) is 0 Å². The summed E-state index contributed by atoms with van der Waals surface area (Å²) in [7, 11) is 0. The van der Waals surface area contributed by atoms with Gasteiger partial charge in [-0.15, -0.1) is 0 Å². The van der Waals surface area contributed by atoms with Crippen LogP contribution in [-0.4, -0.2) is 45.0 Å². The lowest BCUT2D eigenvalue weighted by molar-refractivity contribution is 0.166. The third-order valence-electron chi connectivity index (χ3n) is 3.96. The molecular formula is C16H20N4O2. The topological polar surface area (TPSA) is 70.4 Å². The Morgan fingerprint density at radius 3 is 2.86 bits per heavy atom. The highest BCUT2D eigenvalue weighted by Gasteiger charge is 2.27. The number of hydrogen-bond acceptors (Lipinski definition) is 3. The second kappa shape index (κ2) is 6.62. The number of aromatic nitrogens is 2. The van der Waals surface area contributed by atoms with Gasteiger partial charge in [-0.1, -0.05) is 12.1 Å². The molecule has 0 saturated carbocycles. The Hall–Kier alpha value is -2.34. The van der Waals surface area contributed by atoms with Crippen LogP contribution in [-0.2, 0) is 6.54 Å². The minimum absolute atomic E-state index is 0.0240. The Morgan fingerprint density at radius 1 is 1.36 bits per heavy atom. The Bertz CT molecular complexity index is 610. The van der Waals surface area contributed by atoms with E-state index < -0.39 is 0 Å². The lowest BCUT2D eigenvalue weighted by Crippen LogP contribution is -2.40. The van der Waals surface area contributed by atoms with Crippen molar-refractivity contribution in [2.45, 2.75) is 25.4 Å². The zero-order chi connectivity index (χ0) is 15.4. The third kappa shape index (κ3) is 3.28. The van der Waals surface area contributed by atoms with Gasteiger partial charge in [-0.3, -0.25) is 4.68 Å². The zero-order valence-electron chi connectivity index (χ0n) is 12.4. The molecule has 2 heterocycles. The Labute approximate surface area is 129 Å². The number of carbonyl (C=O) groups is 1. The molecule has 1 aliphatic rings. The first-order valence-corrected chi connectivity index (χ1v) is 7.51. The number of carbonyl (C=O) groups excluding carboxylic acids is 1. The number of likely N-dealkylation sites (tertiary alicyclic amines) is 1. The average Bonchev–Trinajstić information content (AvgIpc) is 3.20. The van der Waals surface area contributed by atoms with E-state index in [4.69, 9.17) is 0 Å². The summed E-state index contributed by atoms with van der Waals surface area (Å²) in [5, 5.41) is 16.3. The monoisotopic (exact) mass is 300 g/mol. The maximum atomic E-state index is 12.2. The molecule has 2 aromatic rings. The molecule has 6 heteroatoms. The molecule has 1 aromatic heterocycles. The van der Waals surface area contributed by atoms with Gasteiger partial charge < -0.3 is 15.3 Å². The Kier molecular flexibility index (Phi) is 4.39. The largest absolute Gasteiger partial charge is 0.394 e. The van der Waals surface area contributed by atoms with Gasteiger partial charge in [-0.2, -0.15) is 5.10 Å². The maximum Gasteiger partial charge on any atom is 0.322 e. The molecule has 1 fully saturated rings. The summed E-state index contributed by atoms with van der Waals surface area (Å²) in [4.78, 5) is 13.9. The van der Waals surface area contributed by atoms with E-state index in [0.29, 0.717) is 13.1 Å². The molecule has 1 aromatic carbocycles. The van der Waals surface area contributed by atoms with E-state index in [9.17, 15) is 9.90 Å². The summed E-state index contributed by atoms with van der Waals surface area (Å²) >= 11 is 0. The summed E-state index contributed by atoms with van der Waals surface area (Å²) in [5.74, 6) is 0. The zero-order valence-corrected chi connectivity index (χ0v) is 12.4. The summed E-state index contributed by atoms with van der Waals surface area (Å²) in [6, 6.07) is 9.43. The lowest BCUT2D eigenvalue weighted by Gasteiger charge is -2.23. The minimum atomic E-state index is -0.142. The van der Waals surface area contributed by atoms with Gasteiger partial charge in [0.1, 0.15) is 0 Å². The molecular weight excluding hydrogens is 280 g/mol. The van der Waals surface area contributed by atoms with Crippen molar-refractivity contribution in [1.29, 1.82) is 0 Å². The van der Waals surface area contributed by atoms with E-state index in [1.807, 2.05) is 41.2 Å². The van der Waals surface area contributed by atoms with Crippen molar-refractivity contribution < 1.29 is 9.90 Å². The minimum Gasteiger partial charge on any atom is -0.394 e. The van der Waals surface area contributed by atoms with Crippen LogP contribution in [0, 0.1) is 0 Å². The molecule has 0 radical (unpaired) electrons. The van der Waals surface area contributed by atoms with Crippen molar-refractivity contribution >= 4 is 11.7 Å². The molecule has 0 aliphatic carbocycles. The molecule has 0 spiro atoms. The van der Waals surface area contributed by atoms with E-state index >= 15 is 0 Å². The first-order chi connectivity index (χ1) is 10.8. The van der Waals surface area contributed by atoms with Gasteiger partial charge >= 0.3 is 6.03 Å². The number of aliphatic hydroxyl groups is 1. The molecule has 2 amide bonds. The first kappa shape index (κ1) is 14.6. The number of hydrogen-bond donors (Lipinski definition) is 2. The van der Waals surface area contributed by atoms with Crippen LogP contribution in [0.5, 0.6) is 0 Å². The van der Waals surface area contributed by atoms with E-state index in [-0.39, 0.29) is 18.7 Å². The predicted molar refractivity (Wildman–Crippen MR) is 83.6 cm³/mol. The van der Waals surface area contributed by atoms with Crippen molar-refractivity contribution in [3.05, 3.63) is 48.3 Å². The number of aliphatic hydroxyl groups excluding tert-OH is 1. The van der Waals surface area contributed by atoms with Gasteiger partial charge in [-0.05, 0) is 36.6 Å². The quantitative estimate of drug-likeness (QED) is 0.906. The maximum absolute atomic E-state index is 12.2. The Morgan fingerprint density at radius 2 is 2.18 bits per heavy atom. The molecule has 6 nitrogen and oxygen atoms in total. The summed E-state index contributed by atoms with van der Waals surface area (Å²) < 4.78 is 1.85. The number of benzene rings is 1. The van der Waals surface area contributed by atoms with Gasteiger partial charge in [-0.25, -0.2) is 4.79 Å². The molecule has 1 unspecified atom stereocenters. The highest BCUT2D eigenvalue weighted by molar-refractivity contribution is 5.89. The Balaban J connectivity index is 1.60. The second-order valence-electron chi connectivity index (χ2n) is 5.50. The number of anilines is 1. The number of urea groups is 1. The normalized spacial score (nSPS) is 17.7. The van der Waals surface area contributed by atoms with Crippen molar-refractivity contribution in [3.63, 3.8) is 0 Å². The van der Waals surface area contributed by atoms with Crippen LogP contribution in [0.4, 0.5) is 10.5 Å². The van der Waals surface area contributed by atoms with Crippen LogP contribution < -0.4 is 5.32 Å². The average molecular weight is 300 g/mol. The van der Waals surface area contributed by atoms with Crippen molar-refractivity contribution in [2.24, 2.45) is 0 Å². The first-order valence-electron chi connectivity index (χ1n) is 7.51. The van der Waals surface area contributed by atoms with E-state index in [1.165, 1.54) is 0 Å². The van der Waals surface area contributed by atoms with Crippen molar-refractivity contribution in [2.75, 3.05) is 18.5 Å². The van der Waals surface area contributed by atoms with Crippen LogP contribution >= 0.6 is 0 Å². The van der Waals surface area contributed by atoms with Gasteiger partial charge in [0.05, 0.1) is 19.2 Å². The number of amides is 2. The van der Waals surface area contributed by atoms with Crippen molar-refractivity contribution in [1.82, 2.24) is 14.7 Å². The highest BCUT2D eigenvalue weighted by Crippen LogP contribution is 2.19. The SMILES string of the molecule is O=C(Nc1ccc(Cn2cccn2)cc1)N1CCCC1CO. The smallest absolute Gasteiger partial charge is 0.322 e. The highest BCUT2D eigenvalue weighted by atomic mass is 16.3. The molecule has 1 atom stereocenters. The van der Waals surface area contributed by atoms with E-state index in [1.54, 1.807) is 11.1 Å². The molecule has 1 saturated heterocycles. The molecule has 0 bridgehead atoms. The number of rotatable bonds is 4. The van der Waals surface area contributed by atoms with Gasteiger partial charge in [0.15, 0.2) is 0 Å². The standard InChI is InChI=1S/C16H20N4O2/c21-12-15-3-1-10-20(15)16(22)18-14-6-4-13(5-7-14)11-19-9-2-8-17-19/h2,4-9,15,21H,1,3,10-12H2,(H,18,22). The van der Waals surface area contributed by atoms with Crippen LogP contribution in [0.2, 0.25) is 0 Å². The number of nitrogens with zero attached hydrogens (tertiary/aromatic N) is 3. The third-order valence-corrected chi connectivity index (χ3v) is 3.96. The molecule has 22 heavy (non-hydrogen) atoms. The number of nitrogens with one attached hydrogen (secondary N) is 1. The fraction of sp³-hybridized carbons (Fsp3) is 0.375. The van der Waals surface area contributed by atoms with Gasteiger partial charge in [0, 0.05) is 24.6 Å². The molecule has 116 valence electrons. The molecule has 1 aliphatic heterocycles. The van der Waals surface area contributed by atoms with Crippen LogP contribution in [0.1, 0.15) is 18.4 Å². The summed E-state index contributed by atoms with van der Waals surface area (Å²) in [5.41, 5.74) is 1.88. The van der Waals surface area contributed by atoms with E-state index in [2.05, 4.69) is 10.4 Å². The summed E-state index contributed by atoms with van der Waals surface area (Å²) in [6.45, 7) is 1.44. The summed E-state index contributed by atoms with van der Waals surface area (Å²) in [6.07, 6.45) is 5.48. The predicted octanol–water partition coefficient (Wildman–Crippen LogP) is 1.92. The van der Waals surface area contributed by atoms with Crippen LogP contribution in [0.3, 0.4) is 0 Å². The van der Waals surface area contributed by atoms with Crippen molar-refractivity contribution in [3.8, 4) is 0 Å². The fourth-order valence-electron chi connectivity index (χ4n) is 2.76. The lowest BCUT2D eigenvalue weighted by atomic mass is 10.2. The fourth-order valence-corrected chi connectivity index (χ4v) is 2.76. The molecule has 3 rings (SSSR count).